The van der Waals surface area contributed by atoms with Gasteiger partial charge in [-0.25, -0.2) is 9.18 Å². The van der Waals surface area contributed by atoms with E-state index in [4.69, 9.17) is 4.42 Å². The van der Waals surface area contributed by atoms with Gasteiger partial charge in [-0.1, -0.05) is 18.2 Å². The molecule has 1 N–H and O–H groups in total. The van der Waals surface area contributed by atoms with Crippen LogP contribution in [0.15, 0.2) is 51.7 Å². The number of nitrogens with one attached hydrogen (secondary N) is 1. The molecule has 112 valence electrons. The van der Waals surface area contributed by atoms with Gasteiger partial charge in [-0.3, -0.25) is 9.36 Å². The third-order valence-corrected chi connectivity index (χ3v) is 3.45. The van der Waals surface area contributed by atoms with Gasteiger partial charge in [-0.05, 0) is 24.3 Å². The Bertz CT molecular complexity index is 911. The van der Waals surface area contributed by atoms with E-state index in [-0.39, 0.29) is 18.3 Å². The van der Waals surface area contributed by atoms with Crippen molar-refractivity contribution in [1.29, 1.82) is 0 Å². The predicted molar refractivity (Wildman–Crippen MR) is 79.0 cm³/mol. The van der Waals surface area contributed by atoms with Gasteiger partial charge in [0.1, 0.15) is 5.82 Å². The van der Waals surface area contributed by atoms with Crippen molar-refractivity contribution in [2.24, 2.45) is 7.05 Å². The molecule has 0 fully saturated rings. The molecular formula is C16H13FN2O3. The van der Waals surface area contributed by atoms with Crippen LogP contribution in [-0.4, -0.2) is 10.5 Å². The average Bonchev–Trinajstić information content (AvgIpc) is 2.81. The molecule has 5 nitrogen and oxygen atoms in total. The van der Waals surface area contributed by atoms with Crippen LogP contribution in [0, 0.1) is 5.82 Å². The van der Waals surface area contributed by atoms with Gasteiger partial charge in [0, 0.05) is 24.7 Å². The van der Waals surface area contributed by atoms with Crippen molar-refractivity contribution in [3.8, 4) is 0 Å². The number of nitrogens with zero attached hydrogens (tertiary/aromatic N) is 1. The standard InChI is InChI=1S/C16H13FN2O3/c1-19-13-8-10(6-7-14(13)22-16(19)21)15(20)18-9-11-4-2-3-5-12(11)17/h2-8H,9H2,1H3,(H,18,20). The number of hydrogen-bond donors (Lipinski definition) is 1. The van der Waals surface area contributed by atoms with Crippen molar-refractivity contribution in [3.05, 3.63) is 70.0 Å². The maximum atomic E-state index is 13.5. The summed E-state index contributed by atoms with van der Waals surface area (Å²) in [6.45, 7) is 0.0911. The van der Waals surface area contributed by atoms with Crippen LogP contribution in [0.25, 0.3) is 11.1 Å². The highest BCUT2D eigenvalue weighted by molar-refractivity contribution is 5.97. The van der Waals surface area contributed by atoms with E-state index in [1.165, 1.54) is 10.6 Å². The normalized spacial score (nSPS) is 10.8. The number of rotatable bonds is 3. The summed E-state index contributed by atoms with van der Waals surface area (Å²) < 4.78 is 19.8. The first-order valence-electron chi connectivity index (χ1n) is 6.67. The number of oxazole rings is 1. The van der Waals surface area contributed by atoms with E-state index < -0.39 is 5.76 Å². The monoisotopic (exact) mass is 300 g/mol. The second kappa shape index (κ2) is 5.48. The summed E-state index contributed by atoms with van der Waals surface area (Å²) in [5.41, 5.74) is 1.73. The quantitative estimate of drug-likeness (QED) is 0.806. The lowest BCUT2D eigenvalue weighted by Gasteiger charge is -2.06. The Morgan fingerprint density at radius 2 is 2.05 bits per heavy atom. The van der Waals surface area contributed by atoms with Crippen LogP contribution in [0.4, 0.5) is 4.39 Å². The minimum absolute atomic E-state index is 0.0911. The number of aryl methyl sites for hydroxylation is 1. The highest BCUT2D eigenvalue weighted by atomic mass is 19.1. The fourth-order valence-corrected chi connectivity index (χ4v) is 2.19. The number of benzene rings is 2. The van der Waals surface area contributed by atoms with Gasteiger partial charge in [-0.15, -0.1) is 0 Å². The van der Waals surface area contributed by atoms with Crippen LogP contribution in [0.2, 0.25) is 0 Å². The van der Waals surface area contributed by atoms with E-state index in [1.54, 1.807) is 43.4 Å². The molecule has 1 heterocycles. The van der Waals surface area contributed by atoms with Gasteiger partial charge in [0.15, 0.2) is 5.58 Å². The summed E-state index contributed by atoms with van der Waals surface area (Å²) in [7, 11) is 1.56. The Morgan fingerprint density at radius 3 is 2.82 bits per heavy atom. The number of hydrogen-bond acceptors (Lipinski definition) is 3. The predicted octanol–water partition coefficient (Wildman–Crippen LogP) is 2.20. The maximum absolute atomic E-state index is 13.5. The van der Waals surface area contributed by atoms with Crippen LogP contribution < -0.4 is 11.1 Å². The topological polar surface area (TPSA) is 64.2 Å². The van der Waals surface area contributed by atoms with Crippen molar-refractivity contribution in [3.63, 3.8) is 0 Å². The van der Waals surface area contributed by atoms with Gasteiger partial charge in [0.25, 0.3) is 5.91 Å². The van der Waals surface area contributed by atoms with E-state index in [0.29, 0.717) is 22.2 Å². The number of fused-ring (bicyclic) bond motifs is 1. The highest BCUT2D eigenvalue weighted by Gasteiger charge is 2.11. The third kappa shape index (κ3) is 2.50. The number of carbonyl (C=O) groups is 1. The van der Waals surface area contributed by atoms with Crippen molar-refractivity contribution < 1.29 is 13.6 Å². The van der Waals surface area contributed by atoms with E-state index in [0.717, 1.165) is 0 Å². The van der Waals surface area contributed by atoms with Gasteiger partial charge >= 0.3 is 5.76 Å². The van der Waals surface area contributed by atoms with Crippen LogP contribution in [0.1, 0.15) is 15.9 Å². The van der Waals surface area contributed by atoms with E-state index in [9.17, 15) is 14.0 Å². The Balaban J connectivity index is 1.82. The summed E-state index contributed by atoms with van der Waals surface area (Å²) in [5, 5.41) is 2.65. The molecule has 0 spiro atoms. The van der Waals surface area contributed by atoms with Crippen LogP contribution in [-0.2, 0) is 13.6 Å². The molecule has 0 aliphatic heterocycles. The molecule has 0 aliphatic carbocycles. The summed E-state index contributed by atoms with van der Waals surface area (Å²) in [4.78, 5) is 23.6. The summed E-state index contributed by atoms with van der Waals surface area (Å²) in [6.07, 6.45) is 0. The number of halogens is 1. The van der Waals surface area contributed by atoms with Gasteiger partial charge < -0.3 is 9.73 Å². The first-order valence-corrected chi connectivity index (χ1v) is 6.67. The smallest absolute Gasteiger partial charge is 0.408 e. The van der Waals surface area contributed by atoms with Gasteiger partial charge in [-0.2, -0.15) is 0 Å². The SMILES string of the molecule is Cn1c(=O)oc2ccc(C(=O)NCc3ccccc3F)cc21. The van der Waals surface area contributed by atoms with Crippen molar-refractivity contribution in [2.75, 3.05) is 0 Å². The average molecular weight is 300 g/mol. The number of amides is 1. The van der Waals surface area contributed by atoms with E-state index in [2.05, 4.69) is 5.32 Å². The van der Waals surface area contributed by atoms with Crippen molar-refractivity contribution in [2.45, 2.75) is 6.54 Å². The molecule has 1 amide bonds. The minimum atomic E-state index is -0.487. The molecule has 3 aromatic rings. The van der Waals surface area contributed by atoms with E-state index >= 15 is 0 Å². The number of aromatic nitrogens is 1. The minimum Gasteiger partial charge on any atom is -0.408 e. The Hall–Kier alpha value is -2.89. The molecule has 0 radical (unpaired) electrons. The fraction of sp³-hybridized carbons (Fsp3) is 0.125. The van der Waals surface area contributed by atoms with Crippen LogP contribution in [0.3, 0.4) is 0 Å². The maximum Gasteiger partial charge on any atom is 0.419 e. The Morgan fingerprint density at radius 1 is 1.27 bits per heavy atom. The second-order valence-corrected chi connectivity index (χ2v) is 4.88. The van der Waals surface area contributed by atoms with Crippen molar-refractivity contribution in [1.82, 2.24) is 9.88 Å². The van der Waals surface area contributed by atoms with Gasteiger partial charge in [0.2, 0.25) is 0 Å². The first-order chi connectivity index (χ1) is 10.6. The zero-order chi connectivity index (χ0) is 15.7. The molecule has 0 atom stereocenters. The summed E-state index contributed by atoms with van der Waals surface area (Å²) >= 11 is 0. The third-order valence-electron chi connectivity index (χ3n) is 3.45. The largest absolute Gasteiger partial charge is 0.419 e. The Kier molecular flexibility index (Phi) is 3.50. The molecular weight excluding hydrogens is 287 g/mol. The lowest BCUT2D eigenvalue weighted by atomic mass is 10.1. The molecule has 0 bridgehead atoms. The van der Waals surface area contributed by atoms with Crippen LogP contribution in [0.5, 0.6) is 0 Å². The molecule has 3 rings (SSSR count). The molecule has 0 saturated carbocycles. The molecule has 0 saturated heterocycles. The molecule has 22 heavy (non-hydrogen) atoms. The zero-order valence-corrected chi connectivity index (χ0v) is 11.8. The molecule has 0 unspecified atom stereocenters. The zero-order valence-electron chi connectivity index (χ0n) is 11.8. The molecule has 1 aromatic heterocycles. The van der Waals surface area contributed by atoms with Crippen LogP contribution >= 0.6 is 0 Å². The summed E-state index contributed by atoms with van der Waals surface area (Å²) in [6, 6.07) is 10.9. The molecule has 6 heteroatoms. The number of carbonyl (C=O) groups excluding carboxylic acids is 1. The highest BCUT2D eigenvalue weighted by Crippen LogP contribution is 2.14. The lowest BCUT2D eigenvalue weighted by molar-refractivity contribution is 0.0950. The second-order valence-electron chi connectivity index (χ2n) is 4.88. The summed E-state index contributed by atoms with van der Waals surface area (Å²) in [5.74, 6) is -1.20. The molecule has 2 aromatic carbocycles. The van der Waals surface area contributed by atoms with Crippen molar-refractivity contribution >= 4 is 17.0 Å². The van der Waals surface area contributed by atoms with Gasteiger partial charge in [0.05, 0.1) is 5.52 Å². The first kappa shape index (κ1) is 14.1. The fourth-order valence-electron chi connectivity index (χ4n) is 2.19. The molecule has 0 aliphatic rings. The van der Waals surface area contributed by atoms with E-state index in [1.807, 2.05) is 0 Å². The Labute approximate surface area is 125 Å². The lowest BCUT2D eigenvalue weighted by Crippen LogP contribution is -2.23.